The van der Waals surface area contributed by atoms with E-state index in [0.29, 0.717) is 12.0 Å². The fraction of sp³-hybridized carbons (Fsp3) is 0.526. The monoisotopic (exact) mass is 348 g/mol. The maximum absolute atomic E-state index is 12.0. The summed E-state index contributed by atoms with van der Waals surface area (Å²) in [5.74, 6) is -1.74. The molecule has 0 aromatic carbocycles. The molecule has 6 heteroatoms. The van der Waals surface area contributed by atoms with Gasteiger partial charge in [-0.3, -0.25) is 9.59 Å². The van der Waals surface area contributed by atoms with E-state index in [1.54, 1.807) is 0 Å². The summed E-state index contributed by atoms with van der Waals surface area (Å²) in [6, 6.07) is 0. The van der Waals surface area contributed by atoms with Crippen LogP contribution >= 0.6 is 0 Å². The Morgan fingerprint density at radius 1 is 1.32 bits per heavy atom. The Hall–Kier alpha value is -2.37. The highest BCUT2D eigenvalue weighted by molar-refractivity contribution is 5.91. The number of hydrogen-bond donors (Lipinski definition) is 0. The van der Waals surface area contributed by atoms with E-state index in [4.69, 9.17) is 14.2 Å². The van der Waals surface area contributed by atoms with Crippen LogP contribution in [0.1, 0.15) is 40.0 Å². The molecule has 1 aliphatic heterocycles. The molecule has 3 atom stereocenters. The van der Waals surface area contributed by atoms with Crippen molar-refractivity contribution in [1.82, 2.24) is 0 Å². The first-order valence-corrected chi connectivity index (χ1v) is 8.33. The van der Waals surface area contributed by atoms with E-state index < -0.39 is 30.1 Å². The minimum Gasteiger partial charge on any atom is -0.461 e. The molecule has 2 rings (SSSR count). The predicted molar refractivity (Wildman–Crippen MR) is 90.4 cm³/mol. The third-order valence-electron chi connectivity index (χ3n) is 4.32. The molecule has 1 aliphatic carbocycles. The Kier molecular flexibility index (Phi) is 6.17. The van der Waals surface area contributed by atoms with E-state index in [1.165, 1.54) is 13.8 Å². The van der Waals surface area contributed by atoms with Gasteiger partial charge in [0.15, 0.2) is 0 Å². The SMILES string of the molecule is C=C1C(=O)O[C@@H]2/C=C(\C)CC/C=C(\COC(C)=O)C[C@@H](OC(C)=O)[C@@H]12. The summed E-state index contributed by atoms with van der Waals surface area (Å²) in [6.07, 6.45) is 4.71. The lowest BCUT2D eigenvalue weighted by Crippen LogP contribution is -2.33. The Bertz CT molecular complexity index is 642. The third-order valence-corrected chi connectivity index (χ3v) is 4.32. The number of hydrogen-bond acceptors (Lipinski definition) is 6. The molecule has 0 aromatic heterocycles. The summed E-state index contributed by atoms with van der Waals surface area (Å²) in [6.45, 7) is 8.60. The fourth-order valence-corrected chi connectivity index (χ4v) is 3.16. The van der Waals surface area contributed by atoms with Crippen LogP contribution in [-0.2, 0) is 28.6 Å². The number of ether oxygens (including phenoxy) is 3. The van der Waals surface area contributed by atoms with Crippen LogP contribution in [0.4, 0.5) is 0 Å². The highest BCUT2D eigenvalue weighted by Gasteiger charge is 2.44. The first-order chi connectivity index (χ1) is 11.8. The zero-order chi connectivity index (χ0) is 18.6. The topological polar surface area (TPSA) is 78.9 Å². The lowest BCUT2D eigenvalue weighted by Gasteiger charge is -2.27. The smallest absolute Gasteiger partial charge is 0.334 e. The van der Waals surface area contributed by atoms with Crippen molar-refractivity contribution >= 4 is 17.9 Å². The lowest BCUT2D eigenvalue weighted by molar-refractivity contribution is -0.149. The summed E-state index contributed by atoms with van der Waals surface area (Å²) >= 11 is 0. The third kappa shape index (κ3) is 5.05. The van der Waals surface area contributed by atoms with Crippen molar-refractivity contribution in [3.63, 3.8) is 0 Å². The van der Waals surface area contributed by atoms with Crippen molar-refractivity contribution in [2.75, 3.05) is 6.61 Å². The molecular formula is C19H24O6. The van der Waals surface area contributed by atoms with E-state index in [0.717, 1.165) is 24.0 Å². The van der Waals surface area contributed by atoms with Crippen LogP contribution in [0.2, 0.25) is 0 Å². The Labute approximate surface area is 147 Å². The lowest BCUT2D eigenvalue weighted by atomic mass is 9.85. The number of carbonyl (C=O) groups is 3. The molecule has 0 aromatic rings. The average molecular weight is 348 g/mol. The minimum atomic E-state index is -0.606. The van der Waals surface area contributed by atoms with Crippen LogP contribution in [0.3, 0.4) is 0 Å². The van der Waals surface area contributed by atoms with Gasteiger partial charge in [-0.2, -0.15) is 0 Å². The Morgan fingerprint density at radius 2 is 2.04 bits per heavy atom. The average Bonchev–Trinajstić information content (AvgIpc) is 2.77. The number of allylic oxidation sites excluding steroid dienone is 2. The first-order valence-electron chi connectivity index (χ1n) is 8.33. The number of carbonyl (C=O) groups excluding carboxylic acids is 3. The normalized spacial score (nSPS) is 30.9. The van der Waals surface area contributed by atoms with Crippen LogP contribution in [0.25, 0.3) is 0 Å². The number of rotatable bonds is 3. The number of fused-ring (bicyclic) bond motifs is 1. The van der Waals surface area contributed by atoms with Gasteiger partial charge < -0.3 is 14.2 Å². The zero-order valence-electron chi connectivity index (χ0n) is 14.9. The predicted octanol–water partition coefficient (Wildman–Crippen LogP) is 2.64. The van der Waals surface area contributed by atoms with Gasteiger partial charge in [-0.05, 0) is 31.4 Å². The summed E-state index contributed by atoms with van der Waals surface area (Å²) in [5, 5.41) is 0. The van der Waals surface area contributed by atoms with Gasteiger partial charge in [-0.15, -0.1) is 0 Å². The molecule has 0 saturated carbocycles. The van der Waals surface area contributed by atoms with Gasteiger partial charge in [0.1, 0.15) is 18.8 Å². The molecular weight excluding hydrogens is 324 g/mol. The molecule has 0 N–H and O–H groups in total. The van der Waals surface area contributed by atoms with Crippen molar-refractivity contribution < 1.29 is 28.6 Å². The zero-order valence-corrected chi connectivity index (χ0v) is 14.9. The van der Waals surface area contributed by atoms with Gasteiger partial charge in [0.2, 0.25) is 0 Å². The van der Waals surface area contributed by atoms with Gasteiger partial charge in [0.25, 0.3) is 0 Å². The highest BCUT2D eigenvalue weighted by atomic mass is 16.6. The van der Waals surface area contributed by atoms with E-state index in [1.807, 2.05) is 19.1 Å². The van der Waals surface area contributed by atoms with Gasteiger partial charge in [-0.1, -0.05) is 18.2 Å². The van der Waals surface area contributed by atoms with Crippen molar-refractivity contribution in [2.45, 2.75) is 52.2 Å². The van der Waals surface area contributed by atoms with Crippen molar-refractivity contribution in [3.05, 3.63) is 35.5 Å². The molecule has 6 nitrogen and oxygen atoms in total. The molecule has 0 spiro atoms. The first kappa shape index (κ1) is 19.0. The Morgan fingerprint density at radius 3 is 2.68 bits per heavy atom. The van der Waals surface area contributed by atoms with Crippen LogP contribution in [-0.4, -0.2) is 36.7 Å². The second kappa shape index (κ2) is 8.14. The summed E-state index contributed by atoms with van der Waals surface area (Å²) in [4.78, 5) is 34.7. The van der Waals surface area contributed by atoms with Crippen LogP contribution < -0.4 is 0 Å². The standard InChI is InChI=1S/C19H24O6/c1-11-6-5-7-15(10-23-13(3)20)9-17(24-14(4)21)18-12(2)19(22)25-16(18)8-11/h7-8,16-18H,2,5-6,9-10H2,1,3-4H3/b11-8+,15-7-/t16-,17-,18+/m1/s1. The second-order valence-electron chi connectivity index (χ2n) is 6.47. The maximum Gasteiger partial charge on any atom is 0.334 e. The molecule has 0 radical (unpaired) electrons. The molecule has 1 saturated heterocycles. The van der Waals surface area contributed by atoms with Gasteiger partial charge in [0, 0.05) is 25.8 Å². The molecule has 2 aliphatic rings. The van der Waals surface area contributed by atoms with Crippen LogP contribution in [0, 0.1) is 5.92 Å². The van der Waals surface area contributed by atoms with Crippen molar-refractivity contribution in [3.8, 4) is 0 Å². The molecule has 0 amide bonds. The molecule has 136 valence electrons. The van der Waals surface area contributed by atoms with E-state index in [-0.39, 0.29) is 12.6 Å². The number of esters is 3. The molecule has 1 heterocycles. The summed E-state index contributed by atoms with van der Waals surface area (Å²) in [5.41, 5.74) is 2.22. The maximum atomic E-state index is 12.0. The summed E-state index contributed by atoms with van der Waals surface area (Å²) < 4.78 is 16.0. The van der Waals surface area contributed by atoms with Gasteiger partial charge >= 0.3 is 17.9 Å². The Balaban J connectivity index is 2.35. The molecule has 25 heavy (non-hydrogen) atoms. The van der Waals surface area contributed by atoms with E-state index in [2.05, 4.69) is 6.58 Å². The fourth-order valence-electron chi connectivity index (χ4n) is 3.16. The van der Waals surface area contributed by atoms with Gasteiger partial charge in [-0.25, -0.2) is 4.79 Å². The van der Waals surface area contributed by atoms with Crippen molar-refractivity contribution in [2.24, 2.45) is 5.92 Å². The van der Waals surface area contributed by atoms with E-state index in [9.17, 15) is 14.4 Å². The van der Waals surface area contributed by atoms with Crippen molar-refractivity contribution in [1.29, 1.82) is 0 Å². The van der Waals surface area contributed by atoms with Gasteiger partial charge in [0.05, 0.1) is 5.92 Å². The second-order valence-corrected chi connectivity index (χ2v) is 6.47. The minimum absolute atomic E-state index is 0.133. The highest BCUT2D eigenvalue weighted by Crippen LogP contribution is 2.36. The largest absolute Gasteiger partial charge is 0.461 e. The van der Waals surface area contributed by atoms with E-state index >= 15 is 0 Å². The van der Waals surface area contributed by atoms with Crippen LogP contribution in [0.15, 0.2) is 35.5 Å². The quantitative estimate of drug-likeness (QED) is 0.338. The molecule has 0 bridgehead atoms. The van der Waals surface area contributed by atoms with Crippen LogP contribution in [0.5, 0.6) is 0 Å². The summed E-state index contributed by atoms with van der Waals surface area (Å²) in [7, 11) is 0. The molecule has 1 fully saturated rings. The molecule has 0 unspecified atom stereocenters.